The van der Waals surface area contributed by atoms with E-state index in [9.17, 15) is 4.79 Å². The maximum absolute atomic E-state index is 11.3. The average molecular weight is 279 g/mol. The van der Waals surface area contributed by atoms with E-state index in [-0.39, 0.29) is 10.8 Å². The molecule has 0 spiro atoms. The Labute approximate surface area is 99.7 Å². The molecule has 0 radical (unpaired) electrons. The SMILES string of the molecule is COC(=O)C(Br)CN1CCN(C)CC1C. The molecule has 1 aliphatic rings. The van der Waals surface area contributed by atoms with E-state index in [0.717, 1.165) is 26.2 Å². The lowest BCUT2D eigenvalue weighted by molar-refractivity contribution is -0.140. The molecule has 0 saturated carbocycles. The van der Waals surface area contributed by atoms with Gasteiger partial charge in [0, 0.05) is 32.2 Å². The minimum atomic E-state index is -0.214. The molecule has 0 aliphatic carbocycles. The van der Waals surface area contributed by atoms with Crippen molar-refractivity contribution in [1.29, 1.82) is 0 Å². The zero-order valence-corrected chi connectivity index (χ0v) is 11.2. The van der Waals surface area contributed by atoms with Gasteiger partial charge in [0.15, 0.2) is 0 Å². The number of carbonyl (C=O) groups excluding carboxylic acids is 1. The highest BCUT2D eigenvalue weighted by atomic mass is 79.9. The summed E-state index contributed by atoms with van der Waals surface area (Å²) in [6.45, 7) is 6.04. The zero-order chi connectivity index (χ0) is 11.4. The first-order chi connectivity index (χ1) is 7.04. The van der Waals surface area contributed by atoms with Crippen LogP contribution in [0.5, 0.6) is 0 Å². The molecule has 1 saturated heterocycles. The van der Waals surface area contributed by atoms with Crippen LogP contribution in [-0.4, -0.2) is 67.0 Å². The summed E-state index contributed by atoms with van der Waals surface area (Å²) in [5.41, 5.74) is 0. The molecule has 15 heavy (non-hydrogen) atoms. The second-order valence-corrected chi connectivity index (χ2v) is 5.20. The first-order valence-electron chi connectivity index (χ1n) is 5.19. The largest absolute Gasteiger partial charge is 0.468 e. The Morgan fingerprint density at radius 2 is 2.27 bits per heavy atom. The summed E-state index contributed by atoms with van der Waals surface area (Å²) in [5, 5.41) is 0. The molecular formula is C10H19BrN2O2. The van der Waals surface area contributed by atoms with Gasteiger partial charge in [-0.2, -0.15) is 0 Å². The van der Waals surface area contributed by atoms with Gasteiger partial charge < -0.3 is 9.64 Å². The van der Waals surface area contributed by atoms with Gasteiger partial charge in [-0.3, -0.25) is 9.69 Å². The molecule has 0 aromatic rings. The summed E-state index contributed by atoms with van der Waals surface area (Å²) in [6.07, 6.45) is 0. The van der Waals surface area contributed by atoms with E-state index in [1.54, 1.807) is 0 Å². The summed E-state index contributed by atoms with van der Waals surface area (Å²) in [4.78, 5) is 15.7. The quantitative estimate of drug-likeness (QED) is 0.558. The smallest absolute Gasteiger partial charge is 0.320 e. The molecule has 5 heteroatoms. The van der Waals surface area contributed by atoms with Crippen LogP contribution < -0.4 is 0 Å². The lowest BCUT2D eigenvalue weighted by Crippen LogP contribution is -2.52. The lowest BCUT2D eigenvalue weighted by Gasteiger charge is -2.38. The van der Waals surface area contributed by atoms with E-state index < -0.39 is 0 Å². The van der Waals surface area contributed by atoms with E-state index in [0.29, 0.717) is 6.04 Å². The molecule has 1 aliphatic heterocycles. The maximum atomic E-state index is 11.3. The first kappa shape index (κ1) is 12.9. The molecule has 88 valence electrons. The van der Waals surface area contributed by atoms with E-state index in [4.69, 9.17) is 0 Å². The highest BCUT2D eigenvalue weighted by Gasteiger charge is 2.26. The van der Waals surface area contributed by atoms with E-state index in [2.05, 4.69) is 44.4 Å². The van der Waals surface area contributed by atoms with Gasteiger partial charge in [0.25, 0.3) is 0 Å². The van der Waals surface area contributed by atoms with Crippen LogP contribution in [0.15, 0.2) is 0 Å². The highest BCUT2D eigenvalue weighted by molar-refractivity contribution is 9.10. The molecular weight excluding hydrogens is 260 g/mol. The third-order valence-electron chi connectivity index (χ3n) is 2.82. The van der Waals surface area contributed by atoms with Crippen LogP contribution in [0.4, 0.5) is 0 Å². The zero-order valence-electron chi connectivity index (χ0n) is 9.57. The van der Waals surface area contributed by atoms with Crippen molar-refractivity contribution in [3.8, 4) is 0 Å². The predicted molar refractivity (Wildman–Crippen MR) is 63.3 cm³/mol. The summed E-state index contributed by atoms with van der Waals surface area (Å²) < 4.78 is 4.69. The van der Waals surface area contributed by atoms with E-state index in [1.165, 1.54) is 7.11 Å². The van der Waals surface area contributed by atoms with E-state index in [1.807, 2.05) is 0 Å². The fraction of sp³-hybridized carbons (Fsp3) is 0.900. The molecule has 0 amide bonds. The second kappa shape index (κ2) is 5.82. The molecule has 1 rings (SSSR count). The monoisotopic (exact) mass is 278 g/mol. The number of carbonyl (C=O) groups is 1. The van der Waals surface area contributed by atoms with Gasteiger partial charge in [-0.1, -0.05) is 15.9 Å². The number of hydrogen-bond donors (Lipinski definition) is 0. The molecule has 0 N–H and O–H groups in total. The van der Waals surface area contributed by atoms with Gasteiger partial charge in [0.05, 0.1) is 7.11 Å². The highest BCUT2D eigenvalue weighted by Crippen LogP contribution is 2.12. The van der Waals surface area contributed by atoms with Gasteiger partial charge in [0.1, 0.15) is 4.83 Å². The second-order valence-electron chi connectivity index (χ2n) is 4.10. The molecule has 0 bridgehead atoms. The Hall–Kier alpha value is -0.130. The Bertz CT molecular complexity index is 225. The number of nitrogens with zero attached hydrogens (tertiary/aromatic N) is 2. The third-order valence-corrected chi connectivity index (χ3v) is 3.48. The van der Waals surface area contributed by atoms with Crippen LogP contribution in [0, 0.1) is 0 Å². The normalized spacial score (nSPS) is 26.3. The number of alkyl halides is 1. The topological polar surface area (TPSA) is 32.8 Å². The maximum Gasteiger partial charge on any atom is 0.320 e. The molecule has 0 aromatic carbocycles. The van der Waals surface area contributed by atoms with Crippen LogP contribution in [0.2, 0.25) is 0 Å². The van der Waals surface area contributed by atoms with Crippen molar-refractivity contribution in [2.75, 3.05) is 40.3 Å². The lowest BCUT2D eigenvalue weighted by atomic mass is 10.2. The van der Waals surface area contributed by atoms with Crippen molar-refractivity contribution in [2.24, 2.45) is 0 Å². The molecule has 1 fully saturated rings. The Morgan fingerprint density at radius 1 is 1.60 bits per heavy atom. The molecule has 1 heterocycles. The minimum absolute atomic E-state index is 0.193. The number of rotatable bonds is 3. The third kappa shape index (κ3) is 3.74. The van der Waals surface area contributed by atoms with Gasteiger partial charge in [-0.25, -0.2) is 0 Å². The summed E-state index contributed by atoms with van der Waals surface area (Å²) in [5.74, 6) is -0.193. The molecule has 2 atom stereocenters. The van der Waals surface area contributed by atoms with Crippen molar-refractivity contribution in [1.82, 2.24) is 9.80 Å². The summed E-state index contributed by atoms with van der Waals surface area (Å²) >= 11 is 3.35. The van der Waals surface area contributed by atoms with Gasteiger partial charge in [0.2, 0.25) is 0 Å². The van der Waals surface area contributed by atoms with Gasteiger partial charge in [-0.05, 0) is 14.0 Å². The van der Waals surface area contributed by atoms with Gasteiger partial charge >= 0.3 is 5.97 Å². The molecule has 4 nitrogen and oxygen atoms in total. The number of methoxy groups -OCH3 is 1. The molecule has 2 unspecified atom stereocenters. The number of ether oxygens (including phenoxy) is 1. The number of piperazine rings is 1. The van der Waals surface area contributed by atoms with Crippen molar-refractivity contribution in [3.05, 3.63) is 0 Å². The fourth-order valence-corrected chi connectivity index (χ4v) is 2.42. The van der Waals surface area contributed by atoms with Crippen LogP contribution >= 0.6 is 15.9 Å². The number of esters is 1. The number of hydrogen-bond acceptors (Lipinski definition) is 4. The Kier molecular flexibility index (Phi) is 5.02. The van der Waals surface area contributed by atoms with Crippen molar-refractivity contribution >= 4 is 21.9 Å². The van der Waals surface area contributed by atoms with Crippen LogP contribution in [0.25, 0.3) is 0 Å². The average Bonchev–Trinajstić information content (AvgIpc) is 2.20. The Balaban J connectivity index is 2.41. The van der Waals surface area contributed by atoms with Crippen LogP contribution in [0.1, 0.15) is 6.92 Å². The molecule has 0 aromatic heterocycles. The van der Waals surface area contributed by atoms with Gasteiger partial charge in [-0.15, -0.1) is 0 Å². The first-order valence-corrected chi connectivity index (χ1v) is 6.10. The number of likely N-dealkylation sites (N-methyl/N-ethyl adjacent to an activating group) is 1. The minimum Gasteiger partial charge on any atom is -0.468 e. The van der Waals surface area contributed by atoms with Crippen LogP contribution in [0.3, 0.4) is 0 Å². The van der Waals surface area contributed by atoms with Crippen molar-refractivity contribution in [3.63, 3.8) is 0 Å². The van der Waals surface area contributed by atoms with E-state index >= 15 is 0 Å². The standard InChI is InChI=1S/C10H19BrN2O2/c1-8-6-12(2)4-5-13(8)7-9(11)10(14)15-3/h8-9H,4-7H2,1-3H3. The fourth-order valence-electron chi connectivity index (χ4n) is 1.86. The van der Waals surface area contributed by atoms with Crippen LogP contribution in [-0.2, 0) is 9.53 Å². The van der Waals surface area contributed by atoms with Crippen molar-refractivity contribution < 1.29 is 9.53 Å². The predicted octanol–water partition coefficient (Wildman–Crippen LogP) is 0.559. The summed E-state index contributed by atoms with van der Waals surface area (Å²) in [7, 11) is 3.55. The number of halogens is 1. The van der Waals surface area contributed by atoms with Crippen molar-refractivity contribution in [2.45, 2.75) is 17.8 Å². The summed E-state index contributed by atoms with van der Waals surface area (Å²) in [6, 6.07) is 0.494. The Morgan fingerprint density at radius 3 is 2.80 bits per heavy atom.